The van der Waals surface area contributed by atoms with Gasteiger partial charge in [-0.3, -0.25) is 0 Å². The molecule has 2 N–H and O–H groups in total. The first-order chi connectivity index (χ1) is 8.70. The molecule has 0 fully saturated rings. The largest absolute Gasteiger partial charge is 0.457 e. The molecule has 0 aromatic heterocycles. The average molecular weight is 306 g/mol. The summed E-state index contributed by atoms with van der Waals surface area (Å²) < 4.78 is 7.01. The van der Waals surface area contributed by atoms with E-state index in [9.17, 15) is 0 Å². The van der Waals surface area contributed by atoms with Crippen LogP contribution in [0.15, 0.2) is 46.9 Å². The highest BCUT2D eigenvalue weighted by atomic mass is 79.9. The zero-order valence-corrected chi connectivity index (χ0v) is 11.9. The summed E-state index contributed by atoms with van der Waals surface area (Å²) in [4.78, 5) is 0. The summed E-state index contributed by atoms with van der Waals surface area (Å²) in [5.74, 6) is 1.73. The molecule has 0 heterocycles. The van der Waals surface area contributed by atoms with Crippen molar-refractivity contribution in [2.75, 3.05) is 6.54 Å². The fraction of sp³-hybridized carbons (Fsp3) is 0.200. The van der Waals surface area contributed by atoms with Crippen LogP contribution >= 0.6 is 15.9 Å². The standard InChI is InChI=1S/C15H16BrNO/c1-11-10-13(6-7-14(11)16)18-15-5-3-2-4-12(15)8-9-17/h2-7,10H,8-9,17H2,1H3. The van der Waals surface area contributed by atoms with Gasteiger partial charge >= 0.3 is 0 Å². The number of hydrogen-bond acceptors (Lipinski definition) is 2. The Morgan fingerprint density at radius 2 is 1.94 bits per heavy atom. The normalized spacial score (nSPS) is 10.4. The van der Waals surface area contributed by atoms with Crippen molar-refractivity contribution in [3.63, 3.8) is 0 Å². The van der Waals surface area contributed by atoms with Crippen LogP contribution in [0, 0.1) is 6.92 Å². The summed E-state index contributed by atoms with van der Waals surface area (Å²) in [7, 11) is 0. The Morgan fingerprint density at radius 3 is 2.67 bits per heavy atom. The third kappa shape index (κ3) is 3.12. The first kappa shape index (κ1) is 13.1. The Labute approximate surface area is 116 Å². The zero-order valence-electron chi connectivity index (χ0n) is 10.3. The van der Waals surface area contributed by atoms with Gasteiger partial charge in [0.25, 0.3) is 0 Å². The molecule has 0 aliphatic rings. The lowest BCUT2D eigenvalue weighted by Crippen LogP contribution is -2.03. The van der Waals surface area contributed by atoms with Crippen molar-refractivity contribution in [1.29, 1.82) is 0 Å². The summed E-state index contributed by atoms with van der Waals surface area (Å²) in [5, 5.41) is 0. The van der Waals surface area contributed by atoms with Gasteiger partial charge < -0.3 is 10.5 Å². The number of nitrogens with two attached hydrogens (primary N) is 1. The lowest BCUT2D eigenvalue weighted by Gasteiger charge is -2.11. The lowest BCUT2D eigenvalue weighted by atomic mass is 10.1. The van der Waals surface area contributed by atoms with Gasteiger partial charge in [-0.05, 0) is 55.3 Å². The first-order valence-electron chi connectivity index (χ1n) is 5.92. The summed E-state index contributed by atoms with van der Waals surface area (Å²) in [6, 6.07) is 14.0. The minimum Gasteiger partial charge on any atom is -0.457 e. The van der Waals surface area contributed by atoms with E-state index in [4.69, 9.17) is 10.5 Å². The highest BCUT2D eigenvalue weighted by molar-refractivity contribution is 9.10. The average Bonchev–Trinajstić information content (AvgIpc) is 2.37. The minimum absolute atomic E-state index is 0.625. The van der Waals surface area contributed by atoms with Gasteiger partial charge in [0.05, 0.1) is 0 Å². The van der Waals surface area contributed by atoms with Crippen molar-refractivity contribution < 1.29 is 4.74 Å². The topological polar surface area (TPSA) is 35.2 Å². The van der Waals surface area contributed by atoms with Crippen LogP contribution in [0.5, 0.6) is 11.5 Å². The Balaban J connectivity index is 2.25. The predicted octanol–water partition coefficient (Wildman–Crippen LogP) is 4.05. The lowest BCUT2D eigenvalue weighted by molar-refractivity contribution is 0.475. The van der Waals surface area contributed by atoms with Crippen LogP contribution in [0.1, 0.15) is 11.1 Å². The van der Waals surface area contributed by atoms with Gasteiger partial charge in [-0.15, -0.1) is 0 Å². The van der Waals surface area contributed by atoms with Crippen molar-refractivity contribution in [2.45, 2.75) is 13.3 Å². The number of para-hydroxylation sites is 1. The van der Waals surface area contributed by atoms with Crippen LogP contribution < -0.4 is 10.5 Å². The molecule has 0 unspecified atom stereocenters. The van der Waals surface area contributed by atoms with Crippen molar-refractivity contribution in [1.82, 2.24) is 0 Å². The SMILES string of the molecule is Cc1cc(Oc2ccccc2CCN)ccc1Br. The first-order valence-corrected chi connectivity index (χ1v) is 6.72. The van der Waals surface area contributed by atoms with Crippen LogP contribution in [0.25, 0.3) is 0 Å². The number of halogens is 1. The molecule has 2 aromatic carbocycles. The van der Waals surface area contributed by atoms with Crippen molar-refractivity contribution in [2.24, 2.45) is 5.73 Å². The molecule has 0 aliphatic carbocycles. The molecule has 0 amide bonds. The van der Waals surface area contributed by atoms with Crippen LogP contribution in [0.4, 0.5) is 0 Å². The molecule has 2 rings (SSSR count). The van der Waals surface area contributed by atoms with Gasteiger partial charge in [-0.1, -0.05) is 34.1 Å². The number of benzene rings is 2. The van der Waals surface area contributed by atoms with Gasteiger partial charge in [0.1, 0.15) is 11.5 Å². The molecular weight excluding hydrogens is 290 g/mol. The highest BCUT2D eigenvalue weighted by Crippen LogP contribution is 2.28. The van der Waals surface area contributed by atoms with Gasteiger partial charge in [0.2, 0.25) is 0 Å². The van der Waals surface area contributed by atoms with Gasteiger partial charge in [0.15, 0.2) is 0 Å². The second kappa shape index (κ2) is 6.03. The van der Waals surface area contributed by atoms with Gasteiger partial charge in [-0.25, -0.2) is 0 Å². The van der Waals surface area contributed by atoms with E-state index in [1.165, 1.54) is 0 Å². The van der Waals surface area contributed by atoms with Crippen LogP contribution in [-0.2, 0) is 6.42 Å². The molecule has 0 aliphatic heterocycles. The van der Waals surface area contributed by atoms with Crippen molar-refractivity contribution in [3.05, 3.63) is 58.1 Å². The summed E-state index contributed by atoms with van der Waals surface area (Å²) in [6.45, 7) is 2.67. The maximum Gasteiger partial charge on any atom is 0.130 e. The zero-order chi connectivity index (χ0) is 13.0. The third-order valence-electron chi connectivity index (χ3n) is 2.74. The van der Waals surface area contributed by atoms with Crippen molar-refractivity contribution in [3.8, 4) is 11.5 Å². The molecule has 94 valence electrons. The van der Waals surface area contributed by atoms with Crippen molar-refractivity contribution >= 4 is 15.9 Å². The maximum absolute atomic E-state index is 5.92. The predicted molar refractivity (Wildman–Crippen MR) is 78.2 cm³/mol. The fourth-order valence-electron chi connectivity index (χ4n) is 1.77. The Morgan fingerprint density at radius 1 is 1.17 bits per heavy atom. The molecule has 0 saturated heterocycles. The Bertz CT molecular complexity index is 540. The second-order valence-electron chi connectivity index (χ2n) is 4.16. The third-order valence-corrected chi connectivity index (χ3v) is 3.63. The summed E-state index contributed by atoms with van der Waals surface area (Å²) >= 11 is 3.48. The van der Waals surface area contributed by atoms with E-state index in [1.807, 2.05) is 49.4 Å². The van der Waals surface area contributed by atoms with Gasteiger partial charge in [-0.2, -0.15) is 0 Å². The van der Waals surface area contributed by atoms with E-state index in [1.54, 1.807) is 0 Å². The minimum atomic E-state index is 0.625. The maximum atomic E-state index is 5.92. The van der Waals surface area contributed by atoms with E-state index in [2.05, 4.69) is 15.9 Å². The molecule has 2 aromatic rings. The monoisotopic (exact) mass is 305 g/mol. The number of ether oxygens (including phenoxy) is 1. The van der Waals surface area contributed by atoms with E-state index in [-0.39, 0.29) is 0 Å². The van der Waals surface area contributed by atoms with Crippen LogP contribution in [0.2, 0.25) is 0 Å². The number of rotatable bonds is 4. The molecule has 18 heavy (non-hydrogen) atoms. The number of aryl methyl sites for hydroxylation is 1. The summed E-state index contributed by atoms with van der Waals surface area (Å²) in [5.41, 5.74) is 7.90. The quantitative estimate of drug-likeness (QED) is 0.925. The summed E-state index contributed by atoms with van der Waals surface area (Å²) in [6.07, 6.45) is 0.825. The van der Waals surface area contributed by atoms with E-state index >= 15 is 0 Å². The Hall–Kier alpha value is -1.32. The smallest absolute Gasteiger partial charge is 0.130 e. The molecule has 0 bridgehead atoms. The second-order valence-corrected chi connectivity index (χ2v) is 5.01. The fourth-order valence-corrected chi connectivity index (χ4v) is 2.02. The molecule has 2 nitrogen and oxygen atoms in total. The molecule has 0 radical (unpaired) electrons. The van der Waals surface area contributed by atoms with Crippen LogP contribution in [-0.4, -0.2) is 6.54 Å². The highest BCUT2D eigenvalue weighted by Gasteiger charge is 2.04. The molecule has 0 spiro atoms. The van der Waals surface area contributed by atoms with E-state index < -0.39 is 0 Å². The van der Waals surface area contributed by atoms with Crippen LogP contribution in [0.3, 0.4) is 0 Å². The van der Waals surface area contributed by atoms with E-state index in [0.717, 1.165) is 33.5 Å². The molecule has 0 saturated carbocycles. The molecule has 3 heteroatoms. The molecular formula is C15H16BrNO. The van der Waals surface area contributed by atoms with Gasteiger partial charge in [0, 0.05) is 4.47 Å². The molecule has 0 atom stereocenters. The Kier molecular flexibility index (Phi) is 4.39. The number of hydrogen-bond donors (Lipinski definition) is 1. The van der Waals surface area contributed by atoms with E-state index in [0.29, 0.717) is 6.54 Å².